The van der Waals surface area contributed by atoms with Crippen LogP contribution in [0.1, 0.15) is 50.5 Å². The maximum Gasteiger partial charge on any atom is 0.339 e. The maximum absolute atomic E-state index is 12.5. The molecule has 2 unspecified atom stereocenters. The first-order valence-electron chi connectivity index (χ1n) is 8.92. The third-order valence-corrected chi connectivity index (χ3v) is 6.04. The molecule has 0 spiro atoms. The van der Waals surface area contributed by atoms with Crippen molar-refractivity contribution in [3.63, 3.8) is 0 Å². The molecule has 1 rings (SSSR count). The predicted octanol–water partition coefficient (Wildman–Crippen LogP) is 1.89. The zero-order valence-electron chi connectivity index (χ0n) is 17.0. The van der Waals surface area contributed by atoms with Crippen molar-refractivity contribution in [2.75, 3.05) is 6.54 Å². The fourth-order valence-corrected chi connectivity index (χ4v) is 3.26. The van der Waals surface area contributed by atoms with E-state index < -0.39 is 33.5 Å². The summed E-state index contributed by atoms with van der Waals surface area (Å²) in [7, 11) is -3.74. The summed E-state index contributed by atoms with van der Waals surface area (Å²) in [6.07, 6.45) is -1.16. The van der Waals surface area contributed by atoms with Crippen LogP contribution < -0.4 is 10.0 Å². The van der Waals surface area contributed by atoms with Gasteiger partial charge in [0.15, 0.2) is 6.10 Å². The summed E-state index contributed by atoms with van der Waals surface area (Å²) in [6, 6.07) is 6.15. The van der Waals surface area contributed by atoms with Gasteiger partial charge in [-0.25, -0.2) is 17.9 Å². The fraction of sp³-hybridized carbons (Fsp3) is 0.526. The average molecular weight is 410 g/mol. The van der Waals surface area contributed by atoms with Crippen LogP contribution in [-0.4, -0.2) is 38.5 Å². The SMILES string of the molecule is CCNS(=O)(=O)c1ccc(C)c(C(=O)OC(C)C(=O)NC(C)(C#N)C(C)C)c1. The highest BCUT2D eigenvalue weighted by molar-refractivity contribution is 7.89. The standard InChI is InChI=1S/C19H27N3O5S/c1-7-21-28(25,26)15-9-8-13(4)16(10-15)18(24)27-14(5)17(23)22-19(6,11-20)12(2)3/h8-10,12,14,21H,7H2,1-6H3,(H,22,23). The first-order valence-corrected chi connectivity index (χ1v) is 10.4. The molecule has 0 aromatic heterocycles. The number of aryl methyl sites for hydroxylation is 1. The molecule has 0 radical (unpaired) electrons. The second-order valence-corrected chi connectivity index (χ2v) is 8.75. The molecular weight excluding hydrogens is 382 g/mol. The molecule has 0 saturated heterocycles. The van der Waals surface area contributed by atoms with E-state index in [1.165, 1.54) is 25.1 Å². The maximum atomic E-state index is 12.5. The van der Waals surface area contributed by atoms with Gasteiger partial charge >= 0.3 is 5.97 Å². The lowest BCUT2D eigenvalue weighted by atomic mass is 9.90. The smallest absolute Gasteiger partial charge is 0.339 e. The summed E-state index contributed by atoms with van der Waals surface area (Å²) >= 11 is 0. The van der Waals surface area contributed by atoms with E-state index in [1.807, 2.05) is 6.07 Å². The van der Waals surface area contributed by atoms with Crippen LogP contribution in [0.3, 0.4) is 0 Å². The first kappa shape index (κ1) is 23.6. The molecule has 9 heteroatoms. The van der Waals surface area contributed by atoms with E-state index >= 15 is 0 Å². The number of hydrogen-bond acceptors (Lipinski definition) is 6. The molecule has 0 heterocycles. The molecule has 0 fully saturated rings. The van der Waals surface area contributed by atoms with Gasteiger partial charge in [-0.05, 0) is 44.4 Å². The van der Waals surface area contributed by atoms with E-state index in [0.29, 0.717) is 5.56 Å². The Morgan fingerprint density at radius 1 is 1.29 bits per heavy atom. The first-order chi connectivity index (χ1) is 12.9. The number of sulfonamides is 1. The minimum absolute atomic E-state index is 0.0468. The van der Waals surface area contributed by atoms with Crippen LogP contribution in [0.4, 0.5) is 0 Å². The molecule has 1 aromatic carbocycles. The number of benzene rings is 1. The molecular formula is C19H27N3O5S. The summed E-state index contributed by atoms with van der Waals surface area (Å²) in [5.74, 6) is -1.59. The van der Waals surface area contributed by atoms with Gasteiger partial charge in [-0.2, -0.15) is 5.26 Å². The van der Waals surface area contributed by atoms with Crippen LogP contribution >= 0.6 is 0 Å². The molecule has 0 aliphatic heterocycles. The van der Waals surface area contributed by atoms with Crippen molar-refractivity contribution in [2.24, 2.45) is 5.92 Å². The van der Waals surface area contributed by atoms with Crippen LogP contribution in [-0.2, 0) is 19.6 Å². The van der Waals surface area contributed by atoms with Gasteiger partial charge in [0.1, 0.15) is 5.54 Å². The topological polar surface area (TPSA) is 125 Å². The van der Waals surface area contributed by atoms with E-state index in [9.17, 15) is 23.3 Å². The number of hydrogen-bond donors (Lipinski definition) is 2. The Morgan fingerprint density at radius 3 is 2.39 bits per heavy atom. The summed E-state index contributed by atoms with van der Waals surface area (Å²) in [5.41, 5.74) is -0.546. The molecule has 28 heavy (non-hydrogen) atoms. The van der Waals surface area contributed by atoms with Crippen molar-refractivity contribution in [1.29, 1.82) is 5.26 Å². The van der Waals surface area contributed by atoms with Crippen molar-refractivity contribution < 1.29 is 22.7 Å². The number of carbonyl (C=O) groups is 2. The van der Waals surface area contributed by atoms with Gasteiger partial charge in [-0.1, -0.05) is 26.8 Å². The van der Waals surface area contributed by atoms with Gasteiger partial charge in [0.2, 0.25) is 10.0 Å². The molecule has 8 nitrogen and oxygen atoms in total. The Hall–Kier alpha value is -2.44. The second-order valence-electron chi connectivity index (χ2n) is 6.98. The number of nitrogens with one attached hydrogen (secondary N) is 2. The predicted molar refractivity (Wildman–Crippen MR) is 104 cm³/mol. The molecule has 0 bridgehead atoms. The van der Waals surface area contributed by atoms with Gasteiger partial charge in [0.25, 0.3) is 5.91 Å². The monoisotopic (exact) mass is 409 g/mol. The van der Waals surface area contributed by atoms with Gasteiger partial charge in [0, 0.05) is 6.54 Å². The third-order valence-electron chi connectivity index (χ3n) is 4.50. The van der Waals surface area contributed by atoms with E-state index in [0.717, 1.165) is 0 Å². The van der Waals surface area contributed by atoms with Crippen LogP contribution in [0, 0.1) is 24.2 Å². The van der Waals surface area contributed by atoms with Crippen molar-refractivity contribution in [2.45, 2.75) is 58.1 Å². The molecule has 1 amide bonds. The van der Waals surface area contributed by atoms with Crippen molar-refractivity contribution >= 4 is 21.9 Å². The van der Waals surface area contributed by atoms with Crippen molar-refractivity contribution in [1.82, 2.24) is 10.0 Å². The molecule has 0 saturated carbocycles. The molecule has 2 N–H and O–H groups in total. The Balaban J connectivity index is 3.02. The molecule has 0 aliphatic rings. The summed E-state index contributed by atoms with van der Waals surface area (Å²) in [4.78, 5) is 24.8. The Bertz CT molecular complexity index is 889. The van der Waals surface area contributed by atoms with Gasteiger partial charge in [-0.3, -0.25) is 4.79 Å². The van der Waals surface area contributed by atoms with Gasteiger partial charge in [0.05, 0.1) is 16.5 Å². The van der Waals surface area contributed by atoms with E-state index in [-0.39, 0.29) is 22.9 Å². The lowest BCUT2D eigenvalue weighted by Gasteiger charge is -2.28. The average Bonchev–Trinajstić information content (AvgIpc) is 2.61. The van der Waals surface area contributed by atoms with Crippen LogP contribution in [0.15, 0.2) is 23.1 Å². The number of ether oxygens (including phenoxy) is 1. The van der Waals surface area contributed by atoms with E-state index in [2.05, 4.69) is 10.0 Å². The van der Waals surface area contributed by atoms with Crippen LogP contribution in [0.2, 0.25) is 0 Å². The van der Waals surface area contributed by atoms with Crippen LogP contribution in [0.5, 0.6) is 0 Å². The normalized spacial score (nSPS) is 14.6. The number of amides is 1. The minimum Gasteiger partial charge on any atom is -0.449 e. The molecule has 1 aromatic rings. The van der Waals surface area contributed by atoms with E-state index in [4.69, 9.17) is 4.74 Å². The zero-order chi connectivity index (χ0) is 21.7. The van der Waals surface area contributed by atoms with Gasteiger partial charge < -0.3 is 10.1 Å². The quantitative estimate of drug-likeness (QED) is 0.632. The third kappa shape index (κ3) is 5.53. The Kier molecular flexibility index (Phi) is 7.73. The molecule has 0 aliphatic carbocycles. The summed E-state index contributed by atoms with van der Waals surface area (Å²) in [6.45, 7) is 10.0. The second kappa shape index (κ2) is 9.17. The summed E-state index contributed by atoms with van der Waals surface area (Å²) < 4.78 is 31.8. The number of rotatable bonds is 8. The number of carbonyl (C=O) groups excluding carboxylic acids is 2. The fourth-order valence-electron chi connectivity index (χ4n) is 2.20. The zero-order valence-corrected chi connectivity index (χ0v) is 17.8. The highest BCUT2D eigenvalue weighted by Crippen LogP contribution is 2.18. The minimum atomic E-state index is -3.74. The lowest BCUT2D eigenvalue weighted by molar-refractivity contribution is -0.130. The molecule has 2 atom stereocenters. The highest BCUT2D eigenvalue weighted by atomic mass is 32.2. The largest absolute Gasteiger partial charge is 0.449 e. The number of esters is 1. The van der Waals surface area contributed by atoms with Crippen molar-refractivity contribution in [3.05, 3.63) is 29.3 Å². The van der Waals surface area contributed by atoms with Crippen LogP contribution in [0.25, 0.3) is 0 Å². The highest BCUT2D eigenvalue weighted by Gasteiger charge is 2.33. The number of nitriles is 1. The molecule has 154 valence electrons. The Morgan fingerprint density at radius 2 is 1.89 bits per heavy atom. The van der Waals surface area contributed by atoms with Crippen molar-refractivity contribution in [3.8, 4) is 6.07 Å². The number of nitrogens with zero attached hydrogens (tertiary/aromatic N) is 1. The summed E-state index contributed by atoms with van der Waals surface area (Å²) in [5, 5.41) is 11.9. The van der Waals surface area contributed by atoms with E-state index in [1.54, 1.807) is 34.6 Å². The lowest BCUT2D eigenvalue weighted by Crippen LogP contribution is -2.52. The van der Waals surface area contributed by atoms with Gasteiger partial charge in [-0.15, -0.1) is 0 Å². The Labute approximate surface area is 166 Å².